The molecule has 0 unspecified atom stereocenters. The average molecular weight is 330 g/mol. The Morgan fingerprint density at radius 2 is 2.06 bits per heavy atom. The van der Waals surface area contributed by atoms with Crippen molar-refractivity contribution < 1.29 is 0 Å². The quantitative estimate of drug-likeness (QED) is 0.755. The van der Waals surface area contributed by atoms with E-state index in [1.54, 1.807) is 0 Å². The Kier molecular flexibility index (Phi) is 6.60. The summed E-state index contributed by atoms with van der Waals surface area (Å²) in [5.74, 6) is 0. The van der Waals surface area contributed by atoms with Crippen LogP contribution in [0.5, 0.6) is 0 Å². The third-order valence-corrected chi connectivity index (χ3v) is 3.60. The van der Waals surface area contributed by atoms with Crippen LogP contribution in [0, 0.1) is 0 Å². The molecule has 0 bridgehead atoms. The Balaban J connectivity index is 2.64. The number of nitrogens with zero attached hydrogens (tertiary/aromatic N) is 1. The smallest absolute Gasteiger partial charge is 0.106 e. The van der Waals surface area contributed by atoms with Crippen molar-refractivity contribution in [3.8, 4) is 0 Å². The zero-order chi connectivity index (χ0) is 13.5. The third kappa shape index (κ3) is 4.55. The number of nitrogens with two attached hydrogens (primary N) is 1. The zero-order valence-corrected chi connectivity index (χ0v) is 13.3. The van der Waals surface area contributed by atoms with Crippen molar-refractivity contribution in [3.63, 3.8) is 0 Å². The van der Waals surface area contributed by atoms with Gasteiger partial charge in [-0.15, -0.1) is 0 Å². The lowest BCUT2D eigenvalue weighted by Crippen LogP contribution is -2.29. The summed E-state index contributed by atoms with van der Waals surface area (Å²) < 4.78 is 0.986. The van der Waals surface area contributed by atoms with E-state index in [-0.39, 0.29) is 0 Å². The first-order valence-corrected chi connectivity index (χ1v) is 7.34. The minimum atomic E-state index is 0.418. The molecule has 0 heterocycles. The molecule has 3 nitrogen and oxygen atoms in total. The van der Waals surface area contributed by atoms with Crippen molar-refractivity contribution in [3.05, 3.63) is 28.2 Å². The van der Waals surface area contributed by atoms with Crippen LogP contribution in [0.4, 0.5) is 5.69 Å². The highest BCUT2D eigenvalue weighted by Crippen LogP contribution is 2.20. The van der Waals surface area contributed by atoms with Crippen LogP contribution in [-0.4, -0.2) is 36.1 Å². The van der Waals surface area contributed by atoms with Gasteiger partial charge in [-0.25, -0.2) is 0 Å². The number of benzene rings is 1. The summed E-state index contributed by atoms with van der Waals surface area (Å²) in [4.78, 5) is 2.79. The maximum atomic E-state index is 5.73. The number of hydrogen-bond donors (Lipinski definition) is 2. The fourth-order valence-corrected chi connectivity index (χ4v) is 2.29. The first kappa shape index (κ1) is 15.4. The van der Waals surface area contributed by atoms with Crippen molar-refractivity contribution in [2.24, 2.45) is 5.73 Å². The predicted molar refractivity (Wildman–Crippen MR) is 86.3 cm³/mol. The summed E-state index contributed by atoms with van der Waals surface area (Å²) in [5.41, 5.74) is 7.61. The number of likely N-dealkylation sites (N-methyl/N-ethyl adjacent to an activating group) is 1. The van der Waals surface area contributed by atoms with Gasteiger partial charge in [0.15, 0.2) is 0 Å². The lowest BCUT2D eigenvalue weighted by atomic mass is 10.2. The molecule has 1 rings (SSSR count). The molecule has 0 atom stereocenters. The summed E-state index contributed by atoms with van der Waals surface area (Å²) in [6, 6.07) is 5.93. The summed E-state index contributed by atoms with van der Waals surface area (Å²) in [5, 5.41) is 3.39. The Morgan fingerprint density at radius 3 is 2.61 bits per heavy atom. The third-order valence-electron chi connectivity index (χ3n) is 2.88. The van der Waals surface area contributed by atoms with Crippen LogP contribution in [0.15, 0.2) is 22.7 Å². The summed E-state index contributed by atoms with van der Waals surface area (Å²) >= 11 is 8.49. The van der Waals surface area contributed by atoms with Gasteiger partial charge in [-0.1, -0.05) is 42.0 Å². The lowest BCUT2D eigenvalue weighted by molar-refractivity contribution is 0.316. The molecule has 3 N–H and O–H groups in total. The predicted octanol–water partition coefficient (Wildman–Crippen LogP) is 2.84. The second-order valence-electron chi connectivity index (χ2n) is 4.01. The topological polar surface area (TPSA) is 41.3 Å². The zero-order valence-electron chi connectivity index (χ0n) is 10.9. The van der Waals surface area contributed by atoms with Gasteiger partial charge in [-0.05, 0) is 31.3 Å². The molecule has 0 radical (unpaired) electrons. The molecule has 0 aliphatic heterocycles. The summed E-state index contributed by atoms with van der Waals surface area (Å²) in [6.07, 6.45) is 0. The molecular weight excluding hydrogens is 310 g/mol. The van der Waals surface area contributed by atoms with Gasteiger partial charge >= 0.3 is 0 Å². The van der Waals surface area contributed by atoms with Crippen molar-refractivity contribution >= 4 is 38.8 Å². The van der Waals surface area contributed by atoms with Gasteiger partial charge in [0.05, 0.1) is 0 Å². The van der Waals surface area contributed by atoms with E-state index in [1.165, 1.54) is 0 Å². The molecule has 0 saturated heterocycles. The average Bonchev–Trinajstić information content (AvgIpc) is 2.36. The van der Waals surface area contributed by atoms with E-state index in [4.69, 9.17) is 18.0 Å². The normalized spacial score (nSPS) is 10.7. The van der Waals surface area contributed by atoms with Crippen LogP contribution in [0.3, 0.4) is 0 Å². The number of anilines is 1. The van der Waals surface area contributed by atoms with Crippen LogP contribution in [0.2, 0.25) is 0 Å². The molecular formula is C13H20BrN3S. The van der Waals surface area contributed by atoms with Crippen molar-refractivity contribution in [2.45, 2.75) is 13.8 Å². The highest BCUT2D eigenvalue weighted by Gasteiger charge is 2.06. The molecule has 0 aliphatic rings. The van der Waals surface area contributed by atoms with E-state index in [1.807, 2.05) is 18.2 Å². The molecule has 100 valence electrons. The molecule has 0 aliphatic carbocycles. The van der Waals surface area contributed by atoms with Crippen LogP contribution in [0.1, 0.15) is 19.4 Å². The standard InChI is InChI=1S/C13H20BrN3S/c1-3-17(4-2)8-7-16-12-6-5-10(14)9-11(12)13(15)18/h5-6,9,16H,3-4,7-8H2,1-2H3,(H2,15,18). The highest BCUT2D eigenvalue weighted by molar-refractivity contribution is 9.10. The van der Waals surface area contributed by atoms with E-state index < -0.39 is 0 Å². The van der Waals surface area contributed by atoms with E-state index in [2.05, 4.69) is 40.0 Å². The Bertz CT molecular complexity index is 405. The molecule has 0 fully saturated rings. The number of halogens is 1. The maximum absolute atomic E-state index is 5.73. The molecule has 0 amide bonds. The van der Waals surface area contributed by atoms with Crippen LogP contribution in [0.25, 0.3) is 0 Å². The van der Waals surface area contributed by atoms with Crippen LogP contribution < -0.4 is 11.1 Å². The lowest BCUT2D eigenvalue weighted by Gasteiger charge is -2.19. The Morgan fingerprint density at radius 1 is 1.39 bits per heavy atom. The van der Waals surface area contributed by atoms with Crippen LogP contribution >= 0.6 is 28.1 Å². The van der Waals surface area contributed by atoms with Gasteiger partial charge in [0.25, 0.3) is 0 Å². The highest BCUT2D eigenvalue weighted by atomic mass is 79.9. The van der Waals surface area contributed by atoms with Gasteiger partial charge in [-0.2, -0.15) is 0 Å². The number of hydrogen-bond acceptors (Lipinski definition) is 3. The molecule has 1 aromatic rings. The number of rotatable bonds is 7. The van der Waals surface area contributed by atoms with Crippen molar-refractivity contribution in [1.82, 2.24) is 4.90 Å². The fraction of sp³-hybridized carbons (Fsp3) is 0.462. The van der Waals surface area contributed by atoms with Crippen LogP contribution in [-0.2, 0) is 0 Å². The molecule has 0 spiro atoms. The fourth-order valence-electron chi connectivity index (χ4n) is 1.76. The first-order valence-electron chi connectivity index (χ1n) is 6.14. The summed E-state index contributed by atoms with van der Waals surface area (Å²) in [6.45, 7) is 8.38. The van der Waals surface area contributed by atoms with Gasteiger partial charge < -0.3 is 16.0 Å². The minimum absolute atomic E-state index is 0.418. The monoisotopic (exact) mass is 329 g/mol. The summed E-state index contributed by atoms with van der Waals surface area (Å²) in [7, 11) is 0. The van der Waals surface area contributed by atoms with Gasteiger partial charge in [0.1, 0.15) is 4.99 Å². The second kappa shape index (κ2) is 7.71. The molecule has 1 aromatic carbocycles. The Hall–Kier alpha value is -0.650. The SMILES string of the molecule is CCN(CC)CCNc1ccc(Br)cc1C(N)=S. The van der Waals surface area contributed by atoms with E-state index in [0.717, 1.165) is 41.9 Å². The van der Waals surface area contributed by atoms with Crippen molar-refractivity contribution in [1.29, 1.82) is 0 Å². The first-order chi connectivity index (χ1) is 8.58. The molecule has 0 saturated carbocycles. The van der Waals surface area contributed by atoms with Gasteiger partial charge in [0, 0.05) is 28.8 Å². The van der Waals surface area contributed by atoms with Gasteiger partial charge in [0.2, 0.25) is 0 Å². The Labute approximate surface area is 123 Å². The molecule has 0 aromatic heterocycles. The largest absolute Gasteiger partial charge is 0.389 e. The molecule has 5 heteroatoms. The van der Waals surface area contributed by atoms with Gasteiger partial charge in [-0.3, -0.25) is 0 Å². The maximum Gasteiger partial charge on any atom is 0.106 e. The number of thiocarbonyl (C=S) groups is 1. The van der Waals surface area contributed by atoms with E-state index in [9.17, 15) is 0 Å². The van der Waals surface area contributed by atoms with E-state index in [0.29, 0.717) is 4.99 Å². The number of nitrogens with one attached hydrogen (secondary N) is 1. The second-order valence-corrected chi connectivity index (χ2v) is 5.36. The van der Waals surface area contributed by atoms with Crippen molar-refractivity contribution in [2.75, 3.05) is 31.5 Å². The van der Waals surface area contributed by atoms with E-state index >= 15 is 0 Å². The molecule has 18 heavy (non-hydrogen) atoms. The minimum Gasteiger partial charge on any atom is -0.389 e.